The lowest BCUT2D eigenvalue weighted by Crippen LogP contribution is -2.55. The third-order valence-corrected chi connectivity index (χ3v) is 3.21. The van der Waals surface area contributed by atoms with Crippen LogP contribution in [-0.2, 0) is 4.79 Å². The quantitative estimate of drug-likeness (QED) is 0.839. The van der Waals surface area contributed by atoms with Crippen molar-refractivity contribution in [3.05, 3.63) is 30.5 Å². The number of carbonyl (C=O) groups is 1. The minimum Gasteiger partial charge on any atom is -0.368 e. The number of hydrogen-bond donors (Lipinski definition) is 1. The average Bonchev–Trinajstić information content (AvgIpc) is 2.78. The molecule has 1 fully saturated rings. The number of carbonyl (C=O) groups excluding carboxylic acids is 1. The van der Waals surface area contributed by atoms with Gasteiger partial charge in [-0.25, -0.2) is 9.97 Å². The SMILES string of the molecule is Cc1cc(N2CCC2C(N)=O)nc(-n2ccnc2)n1. The lowest BCUT2D eigenvalue weighted by atomic mass is 10.0. The Kier molecular flexibility index (Phi) is 2.66. The molecule has 2 aromatic heterocycles. The summed E-state index contributed by atoms with van der Waals surface area (Å²) in [6.45, 7) is 2.68. The molecule has 0 radical (unpaired) electrons. The topological polar surface area (TPSA) is 89.9 Å². The molecule has 0 aliphatic carbocycles. The second-order valence-corrected chi connectivity index (χ2v) is 4.54. The zero-order chi connectivity index (χ0) is 13.4. The predicted molar refractivity (Wildman–Crippen MR) is 68.8 cm³/mol. The summed E-state index contributed by atoms with van der Waals surface area (Å²) in [5, 5.41) is 0. The highest BCUT2D eigenvalue weighted by Crippen LogP contribution is 2.25. The van der Waals surface area contributed by atoms with Crippen LogP contribution in [0.4, 0.5) is 5.82 Å². The monoisotopic (exact) mass is 258 g/mol. The summed E-state index contributed by atoms with van der Waals surface area (Å²) < 4.78 is 1.73. The molecular formula is C12H14N6O. The van der Waals surface area contributed by atoms with Gasteiger partial charge in [0.15, 0.2) is 0 Å². The van der Waals surface area contributed by atoms with E-state index in [0.29, 0.717) is 5.95 Å². The Bertz CT molecular complexity index is 609. The van der Waals surface area contributed by atoms with Crippen molar-refractivity contribution in [2.75, 3.05) is 11.4 Å². The van der Waals surface area contributed by atoms with Crippen LogP contribution in [0, 0.1) is 6.92 Å². The maximum atomic E-state index is 11.3. The average molecular weight is 258 g/mol. The van der Waals surface area contributed by atoms with Gasteiger partial charge in [-0.1, -0.05) is 0 Å². The molecule has 1 saturated heterocycles. The van der Waals surface area contributed by atoms with Crippen LogP contribution in [0.5, 0.6) is 0 Å². The number of aryl methyl sites for hydroxylation is 1. The van der Waals surface area contributed by atoms with Gasteiger partial charge in [-0.2, -0.15) is 4.98 Å². The van der Waals surface area contributed by atoms with Gasteiger partial charge < -0.3 is 10.6 Å². The van der Waals surface area contributed by atoms with Gasteiger partial charge in [0.05, 0.1) is 0 Å². The van der Waals surface area contributed by atoms with Crippen LogP contribution in [0.25, 0.3) is 5.95 Å². The molecule has 1 unspecified atom stereocenters. The molecular weight excluding hydrogens is 244 g/mol. The van der Waals surface area contributed by atoms with Crippen LogP contribution in [0.3, 0.4) is 0 Å². The van der Waals surface area contributed by atoms with Crippen LogP contribution in [0.1, 0.15) is 12.1 Å². The first-order valence-electron chi connectivity index (χ1n) is 6.05. The zero-order valence-electron chi connectivity index (χ0n) is 10.5. The maximum absolute atomic E-state index is 11.3. The van der Waals surface area contributed by atoms with Gasteiger partial charge in [0.25, 0.3) is 0 Å². The third kappa shape index (κ3) is 2.03. The van der Waals surface area contributed by atoms with E-state index in [4.69, 9.17) is 5.73 Å². The summed E-state index contributed by atoms with van der Waals surface area (Å²) in [7, 11) is 0. The van der Waals surface area contributed by atoms with E-state index in [1.165, 1.54) is 0 Å². The first-order chi connectivity index (χ1) is 9.15. The molecule has 0 aromatic carbocycles. The molecule has 1 aliphatic heterocycles. The second-order valence-electron chi connectivity index (χ2n) is 4.54. The number of nitrogens with two attached hydrogens (primary N) is 1. The molecule has 3 rings (SSSR count). The zero-order valence-corrected chi connectivity index (χ0v) is 10.5. The van der Waals surface area contributed by atoms with E-state index in [2.05, 4.69) is 15.0 Å². The molecule has 2 N–H and O–H groups in total. The number of anilines is 1. The summed E-state index contributed by atoms with van der Waals surface area (Å²) in [5.41, 5.74) is 6.19. The molecule has 2 aromatic rings. The van der Waals surface area contributed by atoms with Gasteiger partial charge in [0.1, 0.15) is 18.2 Å². The van der Waals surface area contributed by atoms with Crippen LogP contribution >= 0.6 is 0 Å². The minimum atomic E-state index is -0.313. The van der Waals surface area contributed by atoms with Gasteiger partial charge in [-0.3, -0.25) is 9.36 Å². The maximum Gasteiger partial charge on any atom is 0.240 e. The lowest BCUT2D eigenvalue weighted by molar-refractivity contribution is -0.120. The Balaban J connectivity index is 1.97. The smallest absolute Gasteiger partial charge is 0.240 e. The first-order valence-corrected chi connectivity index (χ1v) is 6.05. The molecule has 0 saturated carbocycles. The minimum absolute atomic E-state index is 0.259. The van der Waals surface area contributed by atoms with Crippen molar-refractivity contribution >= 4 is 11.7 Å². The molecule has 98 valence electrons. The van der Waals surface area contributed by atoms with Gasteiger partial charge in [0.2, 0.25) is 11.9 Å². The van der Waals surface area contributed by atoms with Crippen molar-refractivity contribution in [3.63, 3.8) is 0 Å². The van der Waals surface area contributed by atoms with E-state index in [1.807, 2.05) is 17.9 Å². The molecule has 1 amide bonds. The summed E-state index contributed by atoms with van der Waals surface area (Å²) in [5.74, 6) is 0.959. The Morgan fingerprint density at radius 3 is 2.89 bits per heavy atom. The summed E-state index contributed by atoms with van der Waals surface area (Å²) >= 11 is 0. The van der Waals surface area contributed by atoms with E-state index < -0.39 is 0 Å². The fourth-order valence-electron chi connectivity index (χ4n) is 2.13. The highest BCUT2D eigenvalue weighted by atomic mass is 16.1. The largest absolute Gasteiger partial charge is 0.368 e. The molecule has 3 heterocycles. The number of aromatic nitrogens is 4. The summed E-state index contributed by atoms with van der Waals surface area (Å²) in [6.07, 6.45) is 5.86. The fraction of sp³-hybridized carbons (Fsp3) is 0.333. The fourth-order valence-corrected chi connectivity index (χ4v) is 2.13. The number of imidazole rings is 1. The summed E-state index contributed by atoms with van der Waals surface area (Å²) in [6, 6.07) is 1.60. The van der Waals surface area contributed by atoms with Crippen LogP contribution in [0.2, 0.25) is 0 Å². The van der Waals surface area contributed by atoms with Gasteiger partial charge >= 0.3 is 0 Å². The highest BCUT2D eigenvalue weighted by molar-refractivity contribution is 5.85. The van der Waals surface area contributed by atoms with Crippen molar-refractivity contribution in [3.8, 4) is 5.95 Å². The lowest BCUT2D eigenvalue weighted by Gasteiger charge is -2.39. The predicted octanol–water partition coefficient (Wildman–Crippen LogP) is 0.0347. The van der Waals surface area contributed by atoms with Gasteiger partial charge in [0, 0.05) is 30.7 Å². The molecule has 19 heavy (non-hydrogen) atoms. The summed E-state index contributed by atoms with van der Waals surface area (Å²) in [4.78, 5) is 26.0. The number of hydrogen-bond acceptors (Lipinski definition) is 5. The van der Waals surface area contributed by atoms with Crippen LogP contribution in [-0.4, -0.2) is 38.0 Å². The van der Waals surface area contributed by atoms with E-state index in [1.54, 1.807) is 23.3 Å². The third-order valence-electron chi connectivity index (χ3n) is 3.21. The Morgan fingerprint density at radius 2 is 2.32 bits per heavy atom. The molecule has 7 heteroatoms. The van der Waals surface area contributed by atoms with Crippen molar-refractivity contribution < 1.29 is 4.79 Å². The number of nitrogens with zero attached hydrogens (tertiary/aromatic N) is 5. The van der Waals surface area contributed by atoms with Crippen molar-refractivity contribution in [2.45, 2.75) is 19.4 Å². The molecule has 7 nitrogen and oxygen atoms in total. The van der Waals surface area contributed by atoms with Crippen LogP contribution in [0.15, 0.2) is 24.8 Å². The Morgan fingerprint density at radius 1 is 1.47 bits per heavy atom. The molecule has 1 atom stereocenters. The first kappa shape index (κ1) is 11.6. The second kappa shape index (κ2) is 4.34. The Hall–Kier alpha value is -2.44. The van der Waals surface area contributed by atoms with Crippen molar-refractivity contribution in [1.82, 2.24) is 19.5 Å². The van der Waals surface area contributed by atoms with Gasteiger partial charge in [-0.15, -0.1) is 0 Å². The van der Waals surface area contributed by atoms with Crippen molar-refractivity contribution in [1.29, 1.82) is 0 Å². The van der Waals surface area contributed by atoms with E-state index in [9.17, 15) is 4.79 Å². The molecule has 0 bridgehead atoms. The van der Waals surface area contributed by atoms with E-state index in [-0.39, 0.29) is 11.9 Å². The standard InChI is InChI=1S/C12H14N6O/c1-8-6-10(18-4-2-9(18)11(13)19)16-12(15-8)17-5-3-14-7-17/h3,5-7,9H,2,4H2,1H3,(H2,13,19). The van der Waals surface area contributed by atoms with Gasteiger partial charge in [-0.05, 0) is 13.3 Å². The van der Waals surface area contributed by atoms with E-state index in [0.717, 1.165) is 24.5 Å². The van der Waals surface area contributed by atoms with Crippen molar-refractivity contribution in [2.24, 2.45) is 5.73 Å². The Labute approximate surface area is 110 Å². The van der Waals surface area contributed by atoms with Crippen LogP contribution < -0.4 is 10.6 Å². The highest BCUT2D eigenvalue weighted by Gasteiger charge is 2.33. The number of primary amides is 1. The normalized spacial score (nSPS) is 18.2. The molecule has 1 aliphatic rings. The number of rotatable bonds is 3. The van der Waals surface area contributed by atoms with E-state index >= 15 is 0 Å². The molecule has 0 spiro atoms. The number of amides is 1.